The molecule has 1 aromatic carbocycles. The van der Waals surface area contributed by atoms with Crippen LogP contribution in [0.4, 0.5) is 5.69 Å². The zero-order valence-corrected chi connectivity index (χ0v) is 12.4. The monoisotopic (exact) mass is 295 g/mol. The van der Waals surface area contributed by atoms with Crippen LogP contribution in [0, 0.1) is 11.8 Å². The molecule has 108 valence electrons. The van der Waals surface area contributed by atoms with Gasteiger partial charge < -0.3 is 5.32 Å². The predicted molar refractivity (Wildman–Crippen MR) is 78.2 cm³/mol. The molecule has 1 rings (SSSR count). The summed E-state index contributed by atoms with van der Waals surface area (Å²) in [7, 11) is -0.558. The van der Waals surface area contributed by atoms with Gasteiger partial charge in [-0.15, -0.1) is 0 Å². The molecular formula is C13H17N3O3S. The van der Waals surface area contributed by atoms with Gasteiger partial charge in [-0.1, -0.05) is 11.8 Å². The van der Waals surface area contributed by atoms with Crippen LogP contribution >= 0.6 is 0 Å². The Morgan fingerprint density at radius 2 is 1.85 bits per heavy atom. The van der Waals surface area contributed by atoms with Crippen molar-refractivity contribution in [2.75, 3.05) is 26.0 Å². The molecule has 0 unspecified atom stereocenters. The number of nitrogens with one attached hydrogen (secondary N) is 2. The first-order valence-electron chi connectivity index (χ1n) is 5.85. The van der Waals surface area contributed by atoms with Crippen molar-refractivity contribution in [2.45, 2.75) is 6.92 Å². The molecular weight excluding hydrogens is 278 g/mol. The van der Waals surface area contributed by atoms with E-state index in [9.17, 15) is 13.2 Å². The third kappa shape index (κ3) is 5.40. The molecule has 0 spiro atoms. The molecule has 1 aromatic rings. The molecule has 0 atom stereocenters. The summed E-state index contributed by atoms with van der Waals surface area (Å²) in [5.41, 5.74) is 1.43. The molecule has 0 aliphatic rings. The number of amides is 1. The summed E-state index contributed by atoms with van der Waals surface area (Å²) in [6, 6.07) is 6.96. The molecule has 6 nitrogen and oxygen atoms in total. The van der Waals surface area contributed by atoms with Crippen LogP contribution in [-0.2, 0) is 15.0 Å². The summed E-state index contributed by atoms with van der Waals surface area (Å²) in [5.74, 6) is 5.41. The lowest BCUT2D eigenvalue weighted by atomic mass is 10.2. The Balaban J connectivity index is 2.58. The van der Waals surface area contributed by atoms with Gasteiger partial charge in [-0.2, -0.15) is 17.4 Å². The number of nitrogens with zero attached hydrogens (tertiary/aromatic N) is 1. The fraction of sp³-hybridized carbons (Fsp3) is 0.308. The number of hydrogen-bond acceptors (Lipinski definition) is 3. The number of anilines is 1. The lowest BCUT2D eigenvalue weighted by Gasteiger charge is -2.09. The van der Waals surface area contributed by atoms with E-state index in [1.54, 1.807) is 24.3 Å². The van der Waals surface area contributed by atoms with Gasteiger partial charge in [0.1, 0.15) is 0 Å². The summed E-state index contributed by atoms with van der Waals surface area (Å²) in [6.45, 7) is 1.47. The van der Waals surface area contributed by atoms with E-state index in [4.69, 9.17) is 0 Å². The highest BCUT2D eigenvalue weighted by Gasteiger charge is 2.10. The molecule has 0 saturated carbocycles. The SMILES string of the molecule is CC(=O)Nc1ccc(C#CCNS(=O)(=O)N(C)C)cc1. The van der Waals surface area contributed by atoms with Crippen molar-refractivity contribution in [3.63, 3.8) is 0 Å². The van der Waals surface area contributed by atoms with Gasteiger partial charge in [-0.3, -0.25) is 4.79 Å². The van der Waals surface area contributed by atoms with E-state index in [-0.39, 0.29) is 12.5 Å². The van der Waals surface area contributed by atoms with Gasteiger partial charge >= 0.3 is 0 Å². The Morgan fingerprint density at radius 1 is 1.25 bits per heavy atom. The molecule has 0 aliphatic heterocycles. The topological polar surface area (TPSA) is 78.5 Å². The molecule has 0 aliphatic carbocycles. The predicted octanol–water partition coefficient (Wildman–Crippen LogP) is 0.393. The summed E-state index contributed by atoms with van der Waals surface area (Å²) in [6.07, 6.45) is 0. The minimum absolute atomic E-state index is 0.0357. The molecule has 20 heavy (non-hydrogen) atoms. The maximum atomic E-state index is 11.4. The van der Waals surface area contributed by atoms with Gasteiger partial charge in [0.15, 0.2) is 0 Å². The van der Waals surface area contributed by atoms with Gasteiger partial charge in [-0.25, -0.2) is 0 Å². The zero-order valence-electron chi connectivity index (χ0n) is 11.6. The van der Waals surface area contributed by atoms with Gasteiger partial charge in [0.2, 0.25) is 5.91 Å². The van der Waals surface area contributed by atoms with E-state index in [0.717, 1.165) is 9.87 Å². The Kier molecular flexibility index (Phi) is 5.70. The van der Waals surface area contributed by atoms with Gasteiger partial charge in [0.05, 0.1) is 6.54 Å². The second kappa shape index (κ2) is 7.05. The van der Waals surface area contributed by atoms with Crippen molar-refractivity contribution < 1.29 is 13.2 Å². The summed E-state index contributed by atoms with van der Waals surface area (Å²) in [5, 5.41) is 2.65. The average molecular weight is 295 g/mol. The number of benzene rings is 1. The third-order valence-electron chi connectivity index (χ3n) is 2.26. The Bertz CT molecular complexity index is 625. The lowest BCUT2D eigenvalue weighted by Crippen LogP contribution is -2.35. The molecule has 0 saturated heterocycles. The maximum Gasteiger partial charge on any atom is 0.279 e. The van der Waals surface area contributed by atoms with E-state index >= 15 is 0 Å². The van der Waals surface area contributed by atoms with E-state index < -0.39 is 10.2 Å². The largest absolute Gasteiger partial charge is 0.326 e. The normalized spacial score (nSPS) is 10.8. The Morgan fingerprint density at radius 3 is 2.35 bits per heavy atom. The second-order valence-corrected chi connectivity index (χ2v) is 6.14. The van der Waals surface area contributed by atoms with E-state index in [2.05, 4.69) is 21.9 Å². The van der Waals surface area contributed by atoms with E-state index in [1.165, 1.54) is 21.0 Å². The molecule has 7 heteroatoms. The highest BCUT2D eigenvalue weighted by molar-refractivity contribution is 7.87. The fourth-order valence-electron chi connectivity index (χ4n) is 1.24. The minimum Gasteiger partial charge on any atom is -0.326 e. The quantitative estimate of drug-likeness (QED) is 0.789. The van der Waals surface area contributed by atoms with Crippen LogP contribution in [0.1, 0.15) is 12.5 Å². The number of rotatable bonds is 4. The van der Waals surface area contributed by atoms with Crippen LogP contribution in [0.3, 0.4) is 0 Å². The van der Waals surface area contributed by atoms with Crippen molar-refractivity contribution in [2.24, 2.45) is 0 Å². The number of carbonyl (C=O) groups excluding carboxylic acids is 1. The fourth-order valence-corrected chi connectivity index (χ4v) is 1.76. The van der Waals surface area contributed by atoms with Crippen LogP contribution in [0.2, 0.25) is 0 Å². The summed E-state index contributed by atoms with van der Waals surface area (Å²) in [4.78, 5) is 10.8. The highest BCUT2D eigenvalue weighted by Crippen LogP contribution is 2.08. The smallest absolute Gasteiger partial charge is 0.279 e. The van der Waals surface area contributed by atoms with Gasteiger partial charge in [0.25, 0.3) is 10.2 Å². The van der Waals surface area contributed by atoms with Crippen molar-refractivity contribution in [3.05, 3.63) is 29.8 Å². The van der Waals surface area contributed by atoms with Gasteiger partial charge in [0, 0.05) is 32.3 Å². The first-order valence-corrected chi connectivity index (χ1v) is 7.29. The first kappa shape index (κ1) is 16.2. The first-order chi connectivity index (χ1) is 9.31. The molecule has 2 N–H and O–H groups in total. The molecule has 0 fully saturated rings. The van der Waals surface area contributed by atoms with Crippen LogP contribution in [0.25, 0.3) is 0 Å². The third-order valence-corrected chi connectivity index (χ3v) is 3.73. The van der Waals surface area contributed by atoms with Crippen LogP contribution in [0.15, 0.2) is 24.3 Å². The molecule has 0 radical (unpaired) electrons. The van der Waals surface area contributed by atoms with Crippen molar-refractivity contribution >= 4 is 21.8 Å². The Labute approximate surface area is 119 Å². The van der Waals surface area contributed by atoms with Crippen molar-refractivity contribution in [1.82, 2.24) is 9.03 Å². The number of carbonyl (C=O) groups is 1. The van der Waals surface area contributed by atoms with E-state index in [0.29, 0.717) is 5.69 Å². The minimum atomic E-state index is -3.44. The molecule has 1 amide bonds. The Hall–Kier alpha value is -1.88. The van der Waals surface area contributed by atoms with Crippen LogP contribution in [-0.4, -0.2) is 39.3 Å². The number of hydrogen-bond donors (Lipinski definition) is 2. The molecule has 0 heterocycles. The average Bonchev–Trinajstić information content (AvgIpc) is 2.35. The lowest BCUT2D eigenvalue weighted by molar-refractivity contribution is -0.114. The summed E-state index contributed by atoms with van der Waals surface area (Å²) < 4.78 is 26.2. The standard InChI is InChI=1S/C13H17N3O3S/c1-11(17)15-13-8-6-12(7-9-13)5-4-10-14-20(18,19)16(2)3/h6-9,14H,10H2,1-3H3,(H,15,17). The van der Waals surface area contributed by atoms with E-state index in [1.807, 2.05) is 0 Å². The molecule has 0 aromatic heterocycles. The zero-order chi connectivity index (χ0) is 15.2. The summed E-state index contributed by atoms with van der Waals surface area (Å²) >= 11 is 0. The second-order valence-electron chi connectivity index (χ2n) is 4.17. The molecule has 0 bridgehead atoms. The van der Waals surface area contributed by atoms with Crippen LogP contribution < -0.4 is 10.0 Å². The van der Waals surface area contributed by atoms with Crippen molar-refractivity contribution in [3.8, 4) is 11.8 Å². The van der Waals surface area contributed by atoms with Gasteiger partial charge in [-0.05, 0) is 24.3 Å². The van der Waals surface area contributed by atoms with Crippen molar-refractivity contribution in [1.29, 1.82) is 0 Å². The maximum absolute atomic E-state index is 11.4. The highest BCUT2D eigenvalue weighted by atomic mass is 32.2. The van der Waals surface area contributed by atoms with Crippen LogP contribution in [0.5, 0.6) is 0 Å².